The molecule has 0 saturated carbocycles. The SMILES string of the molecule is Cc1cc(I)c(C(F)F)c(C=O)n1. The van der Waals surface area contributed by atoms with E-state index in [0.717, 1.165) is 0 Å². The molecule has 70 valence electrons. The summed E-state index contributed by atoms with van der Waals surface area (Å²) in [6, 6.07) is 1.52. The van der Waals surface area contributed by atoms with E-state index in [2.05, 4.69) is 4.98 Å². The first-order chi connectivity index (χ1) is 6.06. The molecule has 0 aliphatic heterocycles. The van der Waals surface area contributed by atoms with Crippen molar-refractivity contribution in [3.63, 3.8) is 0 Å². The molecule has 1 heterocycles. The van der Waals surface area contributed by atoms with Gasteiger partial charge in [-0.3, -0.25) is 4.79 Å². The smallest absolute Gasteiger partial charge is 0.267 e. The van der Waals surface area contributed by atoms with E-state index >= 15 is 0 Å². The average Bonchev–Trinajstić information content (AvgIpc) is 2.01. The fourth-order valence-corrected chi connectivity index (χ4v) is 1.93. The third kappa shape index (κ3) is 2.20. The normalized spacial score (nSPS) is 10.5. The summed E-state index contributed by atoms with van der Waals surface area (Å²) < 4.78 is 25.2. The molecule has 0 saturated heterocycles. The topological polar surface area (TPSA) is 30.0 Å². The van der Waals surface area contributed by atoms with Crippen LogP contribution in [0, 0.1) is 10.5 Å². The first-order valence-corrected chi connectivity index (χ1v) is 4.54. The molecule has 0 N–H and O–H groups in total. The van der Waals surface area contributed by atoms with E-state index in [1.807, 2.05) is 0 Å². The highest BCUT2D eigenvalue weighted by Gasteiger charge is 2.17. The number of carbonyl (C=O) groups is 1. The molecule has 5 heteroatoms. The molecule has 0 aromatic carbocycles. The maximum atomic E-state index is 12.4. The quantitative estimate of drug-likeness (QED) is 0.620. The Balaban J connectivity index is 3.38. The number of aryl methyl sites for hydroxylation is 1. The third-order valence-corrected chi connectivity index (χ3v) is 2.39. The van der Waals surface area contributed by atoms with Crippen LogP contribution in [0.15, 0.2) is 6.07 Å². The zero-order valence-corrected chi connectivity index (χ0v) is 8.88. The summed E-state index contributed by atoms with van der Waals surface area (Å²) in [5.74, 6) is 0. The molecule has 0 unspecified atom stereocenters. The van der Waals surface area contributed by atoms with Crippen molar-refractivity contribution in [1.29, 1.82) is 0 Å². The number of rotatable bonds is 2. The molecule has 0 atom stereocenters. The van der Waals surface area contributed by atoms with Gasteiger partial charge in [0, 0.05) is 9.26 Å². The van der Waals surface area contributed by atoms with Crippen molar-refractivity contribution in [1.82, 2.24) is 4.98 Å². The minimum absolute atomic E-state index is 0.167. The van der Waals surface area contributed by atoms with Crippen molar-refractivity contribution < 1.29 is 13.6 Å². The predicted octanol–water partition coefficient (Wildman–Crippen LogP) is 2.74. The zero-order valence-electron chi connectivity index (χ0n) is 6.72. The Morgan fingerprint density at radius 2 is 2.23 bits per heavy atom. The second-order valence-corrected chi connectivity index (χ2v) is 3.63. The number of aldehydes is 1. The van der Waals surface area contributed by atoms with Gasteiger partial charge >= 0.3 is 0 Å². The number of pyridine rings is 1. The number of hydrogen-bond donors (Lipinski definition) is 0. The Morgan fingerprint density at radius 3 is 2.69 bits per heavy atom. The summed E-state index contributed by atoms with van der Waals surface area (Å²) >= 11 is 1.77. The van der Waals surface area contributed by atoms with E-state index in [1.165, 1.54) is 6.07 Å². The first kappa shape index (κ1) is 10.5. The molecule has 0 aliphatic carbocycles. The van der Waals surface area contributed by atoms with Gasteiger partial charge in [0.05, 0.1) is 5.56 Å². The Kier molecular flexibility index (Phi) is 3.29. The van der Waals surface area contributed by atoms with Crippen molar-refractivity contribution >= 4 is 28.9 Å². The molecule has 1 aromatic rings. The molecule has 0 spiro atoms. The Hall–Kier alpha value is -0.590. The molecule has 2 nitrogen and oxygen atoms in total. The van der Waals surface area contributed by atoms with Crippen LogP contribution in [0.4, 0.5) is 8.78 Å². The number of halogens is 3. The van der Waals surface area contributed by atoms with Gasteiger partial charge in [-0.2, -0.15) is 0 Å². The predicted molar refractivity (Wildman–Crippen MR) is 52.0 cm³/mol. The van der Waals surface area contributed by atoms with Crippen LogP contribution in [-0.4, -0.2) is 11.3 Å². The highest BCUT2D eigenvalue weighted by atomic mass is 127. The van der Waals surface area contributed by atoms with E-state index < -0.39 is 6.43 Å². The maximum absolute atomic E-state index is 12.4. The van der Waals surface area contributed by atoms with Crippen LogP contribution in [0.25, 0.3) is 0 Å². The van der Waals surface area contributed by atoms with Crippen LogP contribution < -0.4 is 0 Å². The monoisotopic (exact) mass is 297 g/mol. The number of hydrogen-bond acceptors (Lipinski definition) is 2. The minimum Gasteiger partial charge on any atom is -0.296 e. The van der Waals surface area contributed by atoms with Gasteiger partial charge in [-0.25, -0.2) is 13.8 Å². The summed E-state index contributed by atoms with van der Waals surface area (Å²) in [7, 11) is 0. The van der Waals surface area contributed by atoms with Crippen LogP contribution in [0.1, 0.15) is 28.2 Å². The number of carbonyl (C=O) groups excluding carboxylic acids is 1. The lowest BCUT2D eigenvalue weighted by Crippen LogP contribution is -2.02. The second-order valence-electron chi connectivity index (χ2n) is 2.46. The Labute approximate surface area is 87.5 Å². The standard InChI is InChI=1S/C8H6F2INO/c1-4-2-5(11)7(8(9)10)6(3-13)12-4/h2-3,8H,1H3. The molecule has 0 bridgehead atoms. The highest BCUT2D eigenvalue weighted by molar-refractivity contribution is 14.1. The van der Waals surface area contributed by atoms with Gasteiger partial charge in [0.15, 0.2) is 6.29 Å². The molecule has 0 aliphatic rings. The zero-order chi connectivity index (χ0) is 10.0. The van der Waals surface area contributed by atoms with Gasteiger partial charge in [-0.05, 0) is 35.6 Å². The van der Waals surface area contributed by atoms with Crippen molar-refractivity contribution in [2.24, 2.45) is 0 Å². The summed E-state index contributed by atoms with van der Waals surface area (Å²) in [6.45, 7) is 1.66. The summed E-state index contributed by atoms with van der Waals surface area (Å²) in [4.78, 5) is 14.2. The summed E-state index contributed by atoms with van der Waals surface area (Å²) in [6.07, 6.45) is -2.29. The lowest BCUT2D eigenvalue weighted by Gasteiger charge is -2.06. The number of alkyl halides is 2. The van der Waals surface area contributed by atoms with E-state index in [4.69, 9.17) is 0 Å². The van der Waals surface area contributed by atoms with Crippen LogP contribution in [-0.2, 0) is 0 Å². The van der Waals surface area contributed by atoms with E-state index in [-0.39, 0.29) is 11.3 Å². The summed E-state index contributed by atoms with van der Waals surface area (Å²) in [5.41, 5.74) is 0.122. The van der Waals surface area contributed by atoms with E-state index in [9.17, 15) is 13.6 Å². The van der Waals surface area contributed by atoms with Crippen LogP contribution in [0.5, 0.6) is 0 Å². The van der Waals surface area contributed by atoms with Gasteiger partial charge in [0.2, 0.25) is 0 Å². The molecule has 0 fully saturated rings. The Morgan fingerprint density at radius 1 is 1.62 bits per heavy atom. The lowest BCUT2D eigenvalue weighted by molar-refractivity contribution is 0.110. The maximum Gasteiger partial charge on any atom is 0.267 e. The van der Waals surface area contributed by atoms with Gasteiger partial charge in [-0.15, -0.1) is 0 Å². The van der Waals surface area contributed by atoms with Crippen molar-refractivity contribution in [3.8, 4) is 0 Å². The average molecular weight is 297 g/mol. The molecular weight excluding hydrogens is 291 g/mol. The van der Waals surface area contributed by atoms with Gasteiger partial charge in [0.25, 0.3) is 6.43 Å². The van der Waals surface area contributed by atoms with Crippen molar-refractivity contribution in [3.05, 3.63) is 26.6 Å². The fraction of sp³-hybridized carbons (Fsp3) is 0.250. The Bertz CT molecular complexity index is 341. The third-order valence-electron chi connectivity index (χ3n) is 1.50. The van der Waals surface area contributed by atoms with Gasteiger partial charge < -0.3 is 0 Å². The van der Waals surface area contributed by atoms with Crippen molar-refractivity contribution in [2.45, 2.75) is 13.3 Å². The van der Waals surface area contributed by atoms with Gasteiger partial charge in [-0.1, -0.05) is 0 Å². The lowest BCUT2D eigenvalue weighted by atomic mass is 10.2. The molecule has 13 heavy (non-hydrogen) atoms. The highest BCUT2D eigenvalue weighted by Crippen LogP contribution is 2.26. The summed E-state index contributed by atoms with van der Waals surface area (Å²) in [5, 5.41) is 0. The van der Waals surface area contributed by atoms with Crippen molar-refractivity contribution in [2.75, 3.05) is 0 Å². The van der Waals surface area contributed by atoms with E-state index in [0.29, 0.717) is 15.6 Å². The molecule has 1 aromatic heterocycles. The van der Waals surface area contributed by atoms with E-state index in [1.54, 1.807) is 29.5 Å². The second kappa shape index (κ2) is 4.08. The van der Waals surface area contributed by atoms with Crippen LogP contribution in [0.2, 0.25) is 0 Å². The number of aromatic nitrogens is 1. The molecule has 0 radical (unpaired) electrons. The number of nitrogens with zero attached hydrogens (tertiary/aromatic N) is 1. The molecular formula is C8H6F2INO. The van der Waals surface area contributed by atoms with Gasteiger partial charge in [0.1, 0.15) is 5.69 Å². The van der Waals surface area contributed by atoms with Crippen LogP contribution in [0.3, 0.4) is 0 Å². The molecule has 0 amide bonds. The first-order valence-electron chi connectivity index (χ1n) is 3.46. The van der Waals surface area contributed by atoms with Crippen LogP contribution >= 0.6 is 22.6 Å². The minimum atomic E-state index is -2.65. The largest absolute Gasteiger partial charge is 0.296 e. The fourth-order valence-electron chi connectivity index (χ4n) is 0.972. The molecule has 1 rings (SSSR count).